The number of nitrogens with zero attached hydrogens (tertiary/aromatic N) is 3. The van der Waals surface area contributed by atoms with Crippen molar-refractivity contribution in [2.24, 2.45) is 0 Å². The summed E-state index contributed by atoms with van der Waals surface area (Å²) in [4.78, 5) is 27.0. The van der Waals surface area contributed by atoms with Gasteiger partial charge in [0.15, 0.2) is 0 Å². The molecule has 0 aliphatic heterocycles. The van der Waals surface area contributed by atoms with Crippen LogP contribution in [-0.4, -0.2) is 39.1 Å². The average molecular weight is 433 g/mol. The summed E-state index contributed by atoms with van der Waals surface area (Å²) in [6.45, 7) is 12.1. The van der Waals surface area contributed by atoms with Crippen LogP contribution in [0.3, 0.4) is 0 Å². The van der Waals surface area contributed by atoms with E-state index in [1.165, 1.54) is 0 Å². The highest BCUT2D eigenvalue weighted by atomic mass is 35.5. The number of rotatable bonds is 8. The molecule has 1 aromatic carbocycles. The highest BCUT2D eigenvalue weighted by molar-refractivity contribution is 6.30. The number of carbonyl (C=O) groups excluding carboxylic acids is 2. The fraction of sp³-hybridized carbons (Fsp3) is 0.522. The largest absolute Gasteiger partial charge is 0.331 e. The molecule has 0 saturated carbocycles. The van der Waals surface area contributed by atoms with Crippen LogP contribution in [0.5, 0.6) is 0 Å². The van der Waals surface area contributed by atoms with Crippen LogP contribution in [0.2, 0.25) is 5.02 Å². The zero-order valence-corrected chi connectivity index (χ0v) is 19.6. The molecule has 0 fully saturated rings. The van der Waals surface area contributed by atoms with Crippen molar-refractivity contribution in [3.63, 3.8) is 0 Å². The van der Waals surface area contributed by atoms with Crippen LogP contribution >= 0.6 is 11.6 Å². The average Bonchev–Trinajstić information content (AvgIpc) is 3.08. The molecule has 0 aliphatic rings. The molecule has 0 radical (unpaired) electrons. The van der Waals surface area contributed by atoms with Gasteiger partial charge >= 0.3 is 0 Å². The van der Waals surface area contributed by atoms with Gasteiger partial charge in [-0.2, -0.15) is 5.10 Å². The minimum atomic E-state index is -0.246. The molecular formula is C23H33ClN4O2. The van der Waals surface area contributed by atoms with Crippen LogP contribution in [0, 0.1) is 0 Å². The van der Waals surface area contributed by atoms with Gasteiger partial charge in [-0.25, -0.2) is 4.68 Å². The molecule has 7 heteroatoms. The van der Waals surface area contributed by atoms with Crippen LogP contribution in [-0.2, 0) is 15.0 Å². The van der Waals surface area contributed by atoms with Crippen LogP contribution in [0.4, 0.5) is 5.82 Å². The van der Waals surface area contributed by atoms with E-state index in [1.54, 1.807) is 21.7 Å². The summed E-state index contributed by atoms with van der Waals surface area (Å²) in [6.07, 6.45) is 2.22. The Morgan fingerprint density at radius 2 is 1.83 bits per heavy atom. The van der Waals surface area contributed by atoms with Gasteiger partial charge in [0.05, 0.1) is 11.4 Å². The van der Waals surface area contributed by atoms with E-state index < -0.39 is 0 Å². The minimum Gasteiger partial charge on any atom is -0.331 e. The van der Waals surface area contributed by atoms with Crippen LogP contribution < -0.4 is 5.32 Å². The molecule has 0 unspecified atom stereocenters. The minimum absolute atomic E-state index is 0.00332. The van der Waals surface area contributed by atoms with Gasteiger partial charge in [0.1, 0.15) is 12.4 Å². The summed E-state index contributed by atoms with van der Waals surface area (Å²) < 4.78 is 1.70. The van der Waals surface area contributed by atoms with Crippen molar-refractivity contribution in [3.8, 4) is 5.69 Å². The van der Waals surface area contributed by atoms with Crippen molar-refractivity contribution < 1.29 is 9.59 Å². The summed E-state index contributed by atoms with van der Waals surface area (Å²) in [5.74, 6) is 0.324. The number of aromatic nitrogens is 2. The summed E-state index contributed by atoms with van der Waals surface area (Å²) in [5.41, 5.74) is 1.47. The molecule has 2 rings (SSSR count). The first-order chi connectivity index (χ1) is 14.0. The molecule has 1 heterocycles. The van der Waals surface area contributed by atoms with E-state index >= 15 is 0 Å². The summed E-state index contributed by atoms with van der Waals surface area (Å²) >= 11 is 6.02. The Kier molecular flexibility index (Phi) is 8.07. The number of hydrogen-bond donors (Lipinski definition) is 1. The number of benzene rings is 1. The monoisotopic (exact) mass is 432 g/mol. The lowest BCUT2D eigenvalue weighted by atomic mass is 9.92. The van der Waals surface area contributed by atoms with E-state index in [1.807, 2.05) is 39.0 Å². The van der Waals surface area contributed by atoms with E-state index in [4.69, 9.17) is 16.7 Å². The Morgan fingerprint density at radius 3 is 2.37 bits per heavy atom. The predicted octanol–water partition coefficient (Wildman–Crippen LogP) is 5.19. The summed E-state index contributed by atoms with van der Waals surface area (Å²) in [6, 6.07) is 9.11. The maximum absolute atomic E-state index is 12.8. The maximum atomic E-state index is 12.8. The molecule has 30 heavy (non-hydrogen) atoms. The molecule has 6 nitrogen and oxygen atoms in total. The second-order valence-corrected chi connectivity index (χ2v) is 9.26. The first-order valence-corrected chi connectivity index (χ1v) is 10.9. The number of unbranched alkanes of at least 4 members (excludes halogenated alkanes) is 1. The second-order valence-electron chi connectivity index (χ2n) is 8.82. The van der Waals surface area contributed by atoms with Gasteiger partial charge in [0.2, 0.25) is 11.8 Å². The van der Waals surface area contributed by atoms with Gasteiger partial charge in [-0.3, -0.25) is 9.59 Å². The van der Waals surface area contributed by atoms with Gasteiger partial charge in [-0.1, -0.05) is 45.7 Å². The molecule has 2 aromatic rings. The van der Waals surface area contributed by atoms with Gasteiger partial charge < -0.3 is 10.2 Å². The molecule has 0 atom stereocenters. The van der Waals surface area contributed by atoms with Gasteiger partial charge in [0, 0.05) is 29.0 Å². The molecule has 0 aliphatic carbocycles. The van der Waals surface area contributed by atoms with Crippen LogP contribution in [0.1, 0.15) is 66.5 Å². The smallest absolute Gasteiger partial charge is 0.245 e. The van der Waals surface area contributed by atoms with Crippen molar-refractivity contribution in [2.75, 3.05) is 11.9 Å². The molecule has 1 N–H and O–H groups in total. The number of anilines is 1. The lowest BCUT2D eigenvalue weighted by Gasteiger charge is -2.26. The number of carbonyl (C=O) groups is 2. The Labute approximate surface area is 184 Å². The third-order valence-corrected chi connectivity index (χ3v) is 5.07. The van der Waals surface area contributed by atoms with Gasteiger partial charge in [0.25, 0.3) is 0 Å². The van der Waals surface area contributed by atoms with Crippen molar-refractivity contribution in [2.45, 2.75) is 72.3 Å². The molecule has 1 aromatic heterocycles. The van der Waals surface area contributed by atoms with Gasteiger partial charge in [-0.15, -0.1) is 0 Å². The third kappa shape index (κ3) is 6.33. The number of nitrogens with one attached hydrogen (secondary N) is 1. The van der Waals surface area contributed by atoms with Crippen molar-refractivity contribution in [1.82, 2.24) is 14.7 Å². The molecule has 0 bridgehead atoms. The fourth-order valence-electron chi connectivity index (χ4n) is 2.98. The quantitative estimate of drug-likeness (QED) is 0.624. The maximum Gasteiger partial charge on any atom is 0.245 e. The van der Waals surface area contributed by atoms with E-state index in [2.05, 4.69) is 26.1 Å². The normalized spacial score (nSPS) is 11.6. The topological polar surface area (TPSA) is 67.2 Å². The summed E-state index contributed by atoms with van der Waals surface area (Å²) in [5, 5.41) is 8.28. The predicted molar refractivity (Wildman–Crippen MR) is 122 cm³/mol. The third-order valence-electron chi connectivity index (χ3n) is 4.82. The highest BCUT2D eigenvalue weighted by Gasteiger charge is 2.24. The van der Waals surface area contributed by atoms with Crippen LogP contribution in [0.15, 0.2) is 30.3 Å². The molecule has 164 valence electrons. The number of halogens is 1. The molecule has 2 amide bonds. The first-order valence-electron chi connectivity index (χ1n) is 10.5. The standard InChI is InChI=1S/C23H33ClN4O2/c1-7-8-9-22(30)27(16(2)3)15-21(29)25-20-14-19(23(4,5)6)26-28(20)18-12-10-17(24)11-13-18/h10-14,16H,7-9,15H2,1-6H3,(H,25,29). The molecule has 0 saturated heterocycles. The number of hydrogen-bond acceptors (Lipinski definition) is 3. The van der Waals surface area contributed by atoms with Crippen molar-refractivity contribution in [1.29, 1.82) is 0 Å². The van der Waals surface area contributed by atoms with Gasteiger partial charge in [-0.05, 0) is 44.5 Å². The summed E-state index contributed by atoms with van der Waals surface area (Å²) in [7, 11) is 0. The molecular weight excluding hydrogens is 400 g/mol. The fourth-order valence-corrected chi connectivity index (χ4v) is 3.11. The Morgan fingerprint density at radius 1 is 1.20 bits per heavy atom. The Balaban J connectivity index is 2.27. The van der Waals surface area contributed by atoms with E-state index in [-0.39, 0.29) is 29.8 Å². The number of amides is 2. The van der Waals surface area contributed by atoms with Crippen molar-refractivity contribution in [3.05, 3.63) is 41.0 Å². The SMILES string of the molecule is CCCCC(=O)N(CC(=O)Nc1cc(C(C)(C)C)nn1-c1ccc(Cl)cc1)C(C)C. The first kappa shape index (κ1) is 23.9. The van der Waals surface area contributed by atoms with E-state index in [0.29, 0.717) is 17.3 Å². The highest BCUT2D eigenvalue weighted by Crippen LogP contribution is 2.27. The second kappa shape index (κ2) is 10.1. The van der Waals surface area contributed by atoms with E-state index in [0.717, 1.165) is 24.2 Å². The van der Waals surface area contributed by atoms with Crippen LogP contribution in [0.25, 0.3) is 5.69 Å². The Bertz CT molecular complexity index is 866. The lowest BCUT2D eigenvalue weighted by molar-refractivity contribution is -0.136. The zero-order chi connectivity index (χ0) is 22.5. The van der Waals surface area contributed by atoms with Crippen molar-refractivity contribution >= 4 is 29.2 Å². The Hall–Kier alpha value is -2.34. The van der Waals surface area contributed by atoms with E-state index in [9.17, 15) is 9.59 Å². The zero-order valence-electron chi connectivity index (χ0n) is 18.8. The lowest BCUT2D eigenvalue weighted by Crippen LogP contribution is -2.42. The molecule has 0 spiro atoms.